The molecule has 132 valence electrons. The molecule has 1 unspecified atom stereocenters. The molecule has 1 aliphatic heterocycles. The van der Waals surface area contributed by atoms with Crippen LogP contribution in [0.25, 0.3) is 0 Å². The van der Waals surface area contributed by atoms with Crippen LogP contribution < -0.4 is 0 Å². The minimum Gasteiger partial charge on any atom is -0.463 e. The monoisotopic (exact) mass is 339 g/mol. The van der Waals surface area contributed by atoms with E-state index in [-0.39, 0.29) is 12.1 Å². The minimum atomic E-state index is -0.160. The maximum atomic E-state index is 11.9. The fraction of sp³-hybridized carbons (Fsp3) is 0.381. The zero-order valence-electron chi connectivity index (χ0n) is 14.5. The molecule has 1 saturated heterocycles. The van der Waals surface area contributed by atoms with Crippen LogP contribution in [0.15, 0.2) is 60.7 Å². The van der Waals surface area contributed by atoms with Gasteiger partial charge in [0, 0.05) is 26.1 Å². The van der Waals surface area contributed by atoms with E-state index in [9.17, 15) is 4.79 Å². The van der Waals surface area contributed by atoms with Crippen molar-refractivity contribution in [2.24, 2.45) is 0 Å². The lowest BCUT2D eigenvalue weighted by atomic mass is 10.1. The molecule has 0 aliphatic carbocycles. The fourth-order valence-electron chi connectivity index (χ4n) is 3.02. The first-order valence-electron chi connectivity index (χ1n) is 8.87. The third-order valence-electron chi connectivity index (χ3n) is 4.36. The second-order valence-electron chi connectivity index (χ2n) is 6.38. The molecule has 3 rings (SSSR count). The summed E-state index contributed by atoms with van der Waals surface area (Å²) >= 11 is 0. The average molecular weight is 339 g/mol. The van der Waals surface area contributed by atoms with Gasteiger partial charge in [0.2, 0.25) is 0 Å². The Bertz CT molecular complexity index is 645. The third kappa shape index (κ3) is 6.00. The van der Waals surface area contributed by atoms with Gasteiger partial charge in [-0.25, -0.2) is 0 Å². The van der Waals surface area contributed by atoms with Crippen LogP contribution in [0.5, 0.6) is 0 Å². The van der Waals surface area contributed by atoms with E-state index >= 15 is 0 Å². The molecule has 0 saturated carbocycles. The minimum absolute atomic E-state index is 0.0434. The predicted octanol–water partition coefficient (Wildman–Crippen LogP) is 3.06. The number of hydrogen-bond acceptors (Lipinski definition) is 4. The van der Waals surface area contributed by atoms with Crippen LogP contribution in [-0.2, 0) is 27.2 Å². The number of esters is 1. The van der Waals surface area contributed by atoms with Crippen LogP contribution >= 0.6 is 0 Å². The Morgan fingerprint density at radius 3 is 2.44 bits per heavy atom. The van der Waals surface area contributed by atoms with Gasteiger partial charge in [-0.3, -0.25) is 9.69 Å². The van der Waals surface area contributed by atoms with E-state index in [1.807, 2.05) is 36.4 Å². The Labute approximate surface area is 149 Å². The van der Waals surface area contributed by atoms with E-state index in [2.05, 4.69) is 29.2 Å². The number of carbonyl (C=O) groups is 1. The van der Waals surface area contributed by atoms with Crippen molar-refractivity contribution in [2.75, 3.05) is 26.3 Å². The van der Waals surface area contributed by atoms with Crippen LogP contribution in [-0.4, -0.2) is 43.3 Å². The Balaban J connectivity index is 1.38. The van der Waals surface area contributed by atoms with Crippen LogP contribution in [0, 0.1) is 0 Å². The SMILES string of the molecule is O=C(CCc1ccccc1)OCC1CN(Cc2ccccc2)CCO1. The van der Waals surface area contributed by atoms with Gasteiger partial charge in [-0.1, -0.05) is 60.7 Å². The van der Waals surface area contributed by atoms with Gasteiger partial charge in [-0.15, -0.1) is 0 Å². The molecule has 0 spiro atoms. The molecule has 4 nitrogen and oxygen atoms in total. The molecule has 2 aromatic rings. The van der Waals surface area contributed by atoms with Crippen molar-refractivity contribution in [3.05, 3.63) is 71.8 Å². The molecule has 0 radical (unpaired) electrons. The van der Waals surface area contributed by atoms with Gasteiger partial charge < -0.3 is 9.47 Å². The summed E-state index contributed by atoms with van der Waals surface area (Å²) in [7, 11) is 0. The number of hydrogen-bond donors (Lipinski definition) is 0. The zero-order valence-corrected chi connectivity index (χ0v) is 14.5. The molecule has 1 aliphatic rings. The Morgan fingerprint density at radius 1 is 1.04 bits per heavy atom. The summed E-state index contributed by atoms with van der Waals surface area (Å²) in [6.45, 7) is 3.62. The highest BCUT2D eigenvalue weighted by Gasteiger charge is 2.21. The highest BCUT2D eigenvalue weighted by Crippen LogP contribution is 2.11. The lowest BCUT2D eigenvalue weighted by Gasteiger charge is -2.32. The third-order valence-corrected chi connectivity index (χ3v) is 4.36. The van der Waals surface area contributed by atoms with E-state index in [4.69, 9.17) is 9.47 Å². The summed E-state index contributed by atoms with van der Waals surface area (Å²) in [5.41, 5.74) is 2.45. The maximum absolute atomic E-state index is 11.9. The smallest absolute Gasteiger partial charge is 0.306 e. The molecule has 25 heavy (non-hydrogen) atoms. The molecule has 4 heteroatoms. The number of benzene rings is 2. The van der Waals surface area contributed by atoms with Gasteiger partial charge in [0.05, 0.1) is 6.61 Å². The van der Waals surface area contributed by atoms with E-state index in [0.29, 0.717) is 26.1 Å². The predicted molar refractivity (Wildman–Crippen MR) is 97.2 cm³/mol. The van der Waals surface area contributed by atoms with E-state index in [0.717, 1.165) is 25.2 Å². The summed E-state index contributed by atoms with van der Waals surface area (Å²) in [6, 6.07) is 20.4. The van der Waals surface area contributed by atoms with Crippen LogP contribution in [0.3, 0.4) is 0 Å². The Hall–Kier alpha value is -2.17. The summed E-state index contributed by atoms with van der Waals surface area (Å²) in [6.07, 6.45) is 1.08. The van der Waals surface area contributed by atoms with Gasteiger partial charge in [0.15, 0.2) is 0 Å². The highest BCUT2D eigenvalue weighted by molar-refractivity contribution is 5.69. The van der Waals surface area contributed by atoms with Crippen molar-refractivity contribution in [1.82, 2.24) is 4.90 Å². The number of nitrogens with zero attached hydrogens (tertiary/aromatic N) is 1. The van der Waals surface area contributed by atoms with E-state index in [1.54, 1.807) is 0 Å². The van der Waals surface area contributed by atoms with Crippen LogP contribution in [0.4, 0.5) is 0 Å². The molecule has 1 fully saturated rings. The molecule has 2 aromatic carbocycles. The second-order valence-corrected chi connectivity index (χ2v) is 6.38. The van der Waals surface area contributed by atoms with Crippen LogP contribution in [0.2, 0.25) is 0 Å². The number of carbonyl (C=O) groups excluding carboxylic acids is 1. The van der Waals surface area contributed by atoms with Gasteiger partial charge in [0.1, 0.15) is 12.7 Å². The van der Waals surface area contributed by atoms with Gasteiger partial charge in [0.25, 0.3) is 0 Å². The molecular weight excluding hydrogens is 314 g/mol. The van der Waals surface area contributed by atoms with Crippen molar-refractivity contribution < 1.29 is 14.3 Å². The van der Waals surface area contributed by atoms with Crippen molar-refractivity contribution in [2.45, 2.75) is 25.5 Å². The topological polar surface area (TPSA) is 38.8 Å². The molecule has 0 amide bonds. The molecule has 0 bridgehead atoms. The van der Waals surface area contributed by atoms with Crippen LogP contribution in [0.1, 0.15) is 17.5 Å². The largest absolute Gasteiger partial charge is 0.463 e. The second kappa shape index (κ2) is 9.35. The van der Waals surface area contributed by atoms with Crippen molar-refractivity contribution in [3.63, 3.8) is 0 Å². The summed E-state index contributed by atoms with van der Waals surface area (Å²) < 4.78 is 11.2. The van der Waals surface area contributed by atoms with Gasteiger partial charge in [-0.05, 0) is 17.5 Å². The molecule has 1 atom stereocenters. The normalized spacial score (nSPS) is 18.0. The number of morpholine rings is 1. The van der Waals surface area contributed by atoms with Crippen molar-refractivity contribution >= 4 is 5.97 Å². The quantitative estimate of drug-likeness (QED) is 0.727. The summed E-state index contributed by atoms with van der Waals surface area (Å²) in [5, 5.41) is 0. The van der Waals surface area contributed by atoms with Gasteiger partial charge >= 0.3 is 5.97 Å². The Kier molecular flexibility index (Phi) is 6.60. The van der Waals surface area contributed by atoms with Gasteiger partial charge in [-0.2, -0.15) is 0 Å². The summed E-state index contributed by atoms with van der Waals surface area (Å²) in [5.74, 6) is -0.160. The lowest BCUT2D eigenvalue weighted by molar-refractivity contribution is -0.150. The number of rotatable bonds is 7. The van der Waals surface area contributed by atoms with E-state index < -0.39 is 0 Å². The standard InChI is InChI=1S/C21H25NO3/c23-21(12-11-18-7-3-1-4-8-18)25-17-20-16-22(13-14-24-20)15-19-9-5-2-6-10-19/h1-10,20H,11-17H2. The molecule has 1 heterocycles. The first-order chi connectivity index (χ1) is 12.3. The van der Waals surface area contributed by atoms with E-state index in [1.165, 1.54) is 5.56 Å². The lowest BCUT2D eigenvalue weighted by Crippen LogP contribution is -2.44. The van der Waals surface area contributed by atoms with Crippen molar-refractivity contribution in [3.8, 4) is 0 Å². The molecular formula is C21H25NO3. The molecule has 0 aromatic heterocycles. The molecule has 0 N–H and O–H groups in total. The zero-order chi connectivity index (χ0) is 17.3. The number of ether oxygens (including phenoxy) is 2. The van der Waals surface area contributed by atoms with Crippen molar-refractivity contribution in [1.29, 1.82) is 0 Å². The fourth-order valence-corrected chi connectivity index (χ4v) is 3.02. The average Bonchev–Trinajstić information content (AvgIpc) is 2.67. The Morgan fingerprint density at radius 2 is 1.72 bits per heavy atom. The highest BCUT2D eigenvalue weighted by atomic mass is 16.6. The first-order valence-corrected chi connectivity index (χ1v) is 8.87. The first kappa shape index (κ1) is 17.6. The summed E-state index contributed by atoms with van der Waals surface area (Å²) in [4.78, 5) is 14.3. The maximum Gasteiger partial charge on any atom is 0.306 e. The number of aryl methyl sites for hydroxylation is 1.